The number of nitrogens with zero attached hydrogens (tertiary/aromatic N) is 3. The predicted octanol–water partition coefficient (Wildman–Crippen LogP) is 1.38. The van der Waals surface area contributed by atoms with Gasteiger partial charge < -0.3 is 15.2 Å². The second-order valence-corrected chi connectivity index (χ2v) is 5.30. The van der Waals surface area contributed by atoms with Crippen LogP contribution in [-0.4, -0.2) is 39.5 Å². The normalized spacial score (nSPS) is 18.9. The fraction of sp³-hybridized carbons (Fsp3) is 0.467. The molecular weight excluding hydrogens is 252 g/mol. The minimum absolute atomic E-state index is 0.204. The fourth-order valence-corrected chi connectivity index (χ4v) is 2.96. The monoisotopic (exact) mass is 272 g/mol. The van der Waals surface area contributed by atoms with Gasteiger partial charge in [-0.15, -0.1) is 0 Å². The molecule has 1 amide bonds. The molecule has 106 valence electrons. The lowest BCUT2D eigenvalue weighted by Crippen LogP contribution is -2.40. The fourth-order valence-electron chi connectivity index (χ4n) is 2.96. The molecule has 0 bridgehead atoms. The van der Waals surface area contributed by atoms with Crippen LogP contribution in [0.4, 0.5) is 0 Å². The lowest BCUT2D eigenvalue weighted by Gasteiger charge is -2.23. The molecule has 5 heteroatoms. The highest BCUT2D eigenvalue weighted by Gasteiger charge is 2.26. The van der Waals surface area contributed by atoms with E-state index < -0.39 is 0 Å². The maximum atomic E-state index is 12.3. The zero-order valence-electron chi connectivity index (χ0n) is 11.5. The van der Waals surface area contributed by atoms with Crippen LogP contribution in [0.3, 0.4) is 0 Å². The van der Waals surface area contributed by atoms with Crippen molar-refractivity contribution in [3.05, 3.63) is 30.6 Å². The molecule has 2 aromatic rings. The number of rotatable bonds is 4. The summed E-state index contributed by atoms with van der Waals surface area (Å²) >= 11 is 0. The highest BCUT2D eigenvalue weighted by atomic mass is 16.2. The molecule has 3 rings (SSSR count). The summed E-state index contributed by atoms with van der Waals surface area (Å²) in [5, 5.41) is 0. The van der Waals surface area contributed by atoms with Crippen LogP contribution >= 0.6 is 0 Å². The molecule has 0 saturated carbocycles. The van der Waals surface area contributed by atoms with Crippen LogP contribution in [0.25, 0.3) is 11.0 Å². The molecule has 1 saturated heterocycles. The Morgan fingerprint density at radius 1 is 1.40 bits per heavy atom. The number of carbonyl (C=O) groups excluding carboxylic acids is 1. The zero-order chi connectivity index (χ0) is 13.9. The Kier molecular flexibility index (Phi) is 3.69. The third kappa shape index (κ3) is 2.41. The number of amides is 1. The van der Waals surface area contributed by atoms with Gasteiger partial charge in [0.2, 0.25) is 5.91 Å². The number of nitrogens with two attached hydrogens (primary N) is 1. The van der Waals surface area contributed by atoms with E-state index in [0.29, 0.717) is 19.5 Å². The van der Waals surface area contributed by atoms with Gasteiger partial charge in [-0.3, -0.25) is 4.79 Å². The first-order valence-electron chi connectivity index (χ1n) is 7.19. The van der Waals surface area contributed by atoms with Crippen LogP contribution in [0.15, 0.2) is 30.6 Å². The average molecular weight is 272 g/mol. The SMILES string of the molecule is NCC1CCCN1C(=O)CCn1cnc2ccccc21. The number of aromatic nitrogens is 2. The second kappa shape index (κ2) is 5.63. The summed E-state index contributed by atoms with van der Waals surface area (Å²) in [6, 6.07) is 8.22. The Morgan fingerprint density at radius 2 is 2.25 bits per heavy atom. The molecule has 0 radical (unpaired) electrons. The van der Waals surface area contributed by atoms with Gasteiger partial charge in [-0.2, -0.15) is 0 Å². The summed E-state index contributed by atoms with van der Waals surface area (Å²) in [4.78, 5) is 18.6. The number of imidazole rings is 1. The second-order valence-electron chi connectivity index (χ2n) is 5.30. The summed E-state index contributed by atoms with van der Waals surface area (Å²) < 4.78 is 2.04. The van der Waals surface area contributed by atoms with Crippen LogP contribution in [0, 0.1) is 0 Å². The van der Waals surface area contributed by atoms with Crippen LogP contribution in [0.5, 0.6) is 0 Å². The van der Waals surface area contributed by atoms with Crippen LogP contribution in [-0.2, 0) is 11.3 Å². The minimum Gasteiger partial charge on any atom is -0.338 e. The first-order chi connectivity index (χ1) is 9.79. The van der Waals surface area contributed by atoms with Gasteiger partial charge in [-0.05, 0) is 25.0 Å². The average Bonchev–Trinajstić information content (AvgIpc) is 3.11. The smallest absolute Gasteiger partial charge is 0.224 e. The number of hydrogen-bond acceptors (Lipinski definition) is 3. The van der Waals surface area contributed by atoms with E-state index in [2.05, 4.69) is 4.98 Å². The Morgan fingerprint density at radius 3 is 3.10 bits per heavy atom. The van der Waals surface area contributed by atoms with Gasteiger partial charge >= 0.3 is 0 Å². The quantitative estimate of drug-likeness (QED) is 0.914. The van der Waals surface area contributed by atoms with Gasteiger partial charge in [0.15, 0.2) is 0 Å². The van der Waals surface area contributed by atoms with Crippen LogP contribution < -0.4 is 5.73 Å². The molecule has 0 aliphatic carbocycles. The summed E-state index contributed by atoms with van der Waals surface area (Å²) in [5.74, 6) is 0.204. The van der Waals surface area contributed by atoms with Gasteiger partial charge in [0, 0.05) is 32.1 Å². The molecule has 0 spiro atoms. The molecule has 1 aliphatic rings. The van der Waals surface area contributed by atoms with Crippen molar-refractivity contribution >= 4 is 16.9 Å². The molecule has 5 nitrogen and oxygen atoms in total. The molecule has 1 unspecified atom stereocenters. The first-order valence-corrected chi connectivity index (χ1v) is 7.19. The molecule has 1 aromatic heterocycles. The van der Waals surface area contributed by atoms with Gasteiger partial charge in [-0.1, -0.05) is 12.1 Å². The largest absolute Gasteiger partial charge is 0.338 e. The van der Waals surface area contributed by atoms with E-state index in [1.54, 1.807) is 0 Å². The van der Waals surface area contributed by atoms with Gasteiger partial charge in [0.1, 0.15) is 0 Å². The maximum absolute atomic E-state index is 12.3. The third-order valence-electron chi connectivity index (χ3n) is 4.06. The van der Waals surface area contributed by atoms with E-state index >= 15 is 0 Å². The number of benzene rings is 1. The Hall–Kier alpha value is -1.88. The first kappa shape index (κ1) is 13.1. The van der Waals surface area contributed by atoms with E-state index in [1.807, 2.05) is 40.1 Å². The number of aryl methyl sites for hydroxylation is 1. The molecule has 1 fully saturated rings. The van der Waals surface area contributed by atoms with Gasteiger partial charge in [0.05, 0.1) is 17.4 Å². The highest BCUT2D eigenvalue weighted by molar-refractivity contribution is 5.78. The molecular formula is C15H20N4O. The van der Waals surface area contributed by atoms with E-state index in [4.69, 9.17) is 5.73 Å². The van der Waals surface area contributed by atoms with Crippen molar-refractivity contribution in [2.45, 2.75) is 31.8 Å². The maximum Gasteiger partial charge on any atom is 0.224 e. The van der Waals surface area contributed by atoms with Crippen molar-refractivity contribution < 1.29 is 4.79 Å². The molecule has 20 heavy (non-hydrogen) atoms. The van der Waals surface area contributed by atoms with E-state index in [1.165, 1.54) is 0 Å². The lowest BCUT2D eigenvalue weighted by atomic mass is 10.2. The summed E-state index contributed by atoms with van der Waals surface area (Å²) in [5.41, 5.74) is 7.77. The van der Waals surface area contributed by atoms with Crippen LogP contribution in [0.2, 0.25) is 0 Å². The molecule has 2 N–H and O–H groups in total. The van der Waals surface area contributed by atoms with Crippen molar-refractivity contribution in [3.63, 3.8) is 0 Å². The van der Waals surface area contributed by atoms with Crippen LogP contribution in [0.1, 0.15) is 19.3 Å². The lowest BCUT2D eigenvalue weighted by molar-refractivity contribution is -0.132. The highest BCUT2D eigenvalue weighted by Crippen LogP contribution is 2.18. The minimum atomic E-state index is 0.204. The molecule has 1 aliphatic heterocycles. The van der Waals surface area contributed by atoms with Crippen molar-refractivity contribution in [1.29, 1.82) is 0 Å². The molecule has 1 atom stereocenters. The Labute approximate surface area is 118 Å². The van der Waals surface area contributed by atoms with E-state index in [9.17, 15) is 4.79 Å². The number of hydrogen-bond donors (Lipinski definition) is 1. The van der Waals surface area contributed by atoms with E-state index in [-0.39, 0.29) is 11.9 Å². The van der Waals surface area contributed by atoms with Gasteiger partial charge in [-0.25, -0.2) is 4.98 Å². The Balaban J connectivity index is 1.66. The third-order valence-corrected chi connectivity index (χ3v) is 4.06. The van der Waals surface area contributed by atoms with Crippen molar-refractivity contribution in [1.82, 2.24) is 14.5 Å². The van der Waals surface area contributed by atoms with E-state index in [0.717, 1.165) is 30.4 Å². The number of carbonyl (C=O) groups is 1. The summed E-state index contributed by atoms with van der Waals surface area (Å²) in [6.07, 6.45) is 4.43. The number of para-hydroxylation sites is 2. The zero-order valence-corrected chi connectivity index (χ0v) is 11.5. The van der Waals surface area contributed by atoms with Crippen molar-refractivity contribution in [2.75, 3.05) is 13.1 Å². The number of likely N-dealkylation sites (tertiary alicyclic amines) is 1. The Bertz CT molecular complexity index is 607. The topological polar surface area (TPSA) is 64.2 Å². The predicted molar refractivity (Wildman–Crippen MR) is 78.1 cm³/mol. The number of fused-ring (bicyclic) bond motifs is 1. The summed E-state index contributed by atoms with van der Waals surface area (Å²) in [7, 11) is 0. The molecule has 2 heterocycles. The summed E-state index contributed by atoms with van der Waals surface area (Å²) in [6.45, 7) is 2.10. The van der Waals surface area contributed by atoms with Crippen molar-refractivity contribution in [3.8, 4) is 0 Å². The standard InChI is InChI=1S/C15H20N4O/c16-10-12-4-3-8-19(12)15(20)7-9-18-11-17-13-5-1-2-6-14(13)18/h1-2,5-6,11-12H,3-4,7-10,16H2. The van der Waals surface area contributed by atoms with Crippen molar-refractivity contribution in [2.24, 2.45) is 5.73 Å². The van der Waals surface area contributed by atoms with Gasteiger partial charge in [0.25, 0.3) is 0 Å². The molecule has 1 aromatic carbocycles.